The Morgan fingerprint density at radius 3 is 2.55 bits per heavy atom. The first kappa shape index (κ1) is 13.2. The van der Waals surface area contributed by atoms with Crippen LogP contribution in [0.2, 0.25) is 0 Å². The predicted octanol–water partition coefficient (Wildman–Crippen LogP) is 5.61. The van der Waals surface area contributed by atoms with Crippen LogP contribution in [0.15, 0.2) is 23.3 Å². The minimum atomic E-state index is 0.534. The Morgan fingerprint density at radius 2 is 1.80 bits per heavy atom. The Kier molecular flexibility index (Phi) is 2.51. The zero-order valence-corrected chi connectivity index (χ0v) is 13.9. The van der Waals surface area contributed by atoms with Crippen LogP contribution >= 0.6 is 0 Å². The molecule has 0 heterocycles. The number of rotatable bonds is 0. The molecule has 0 aliphatic heterocycles. The van der Waals surface area contributed by atoms with Gasteiger partial charge in [-0.3, -0.25) is 0 Å². The van der Waals surface area contributed by atoms with Crippen LogP contribution in [0, 0.1) is 40.4 Å². The fourth-order valence-corrected chi connectivity index (χ4v) is 6.66. The van der Waals surface area contributed by atoms with Crippen molar-refractivity contribution in [2.24, 2.45) is 40.4 Å². The zero-order valence-electron chi connectivity index (χ0n) is 13.9. The van der Waals surface area contributed by atoms with Crippen molar-refractivity contribution >= 4 is 0 Å². The van der Waals surface area contributed by atoms with Crippen molar-refractivity contribution in [3.8, 4) is 0 Å². The van der Waals surface area contributed by atoms with Gasteiger partial charge in [0.1, 0.15) is 0 Å². The average molecular weight is 270 g/mol. The van der Waals surface area contributed by atoms with Crippen molar-refractivity contribution in [1.29, 1.82) is 0 Å². The summed E-state index contributed by atoms with van der Waals surface area (Å²) < 4.78 is 0. The summed E-state index contributed by atoms with van der Waals surface area (Å²) in [5, 5.41) is 0. The van der Waals surface area contributed by atoms with Crippen LogP contribution in [0.1, 0.15) is 60.3 Å². The van der Waals surface area contributed by atoms with Crippen LogP contribution in [-0.4, -0.2) is 0 Å². The number of fused-ring (bicyclic) bond motifs is 3. The summed E-state index contributed by atoms with van der Waals surface area (Å²) in [4.78, 5) is 0. The molecule has 0 aromatic heterocycles. The summed E-state index contributed by atoms with van der Waals surface area (Å²) in [6, 6.07) is 0. The van der Waals surface area contributed by atoms with E-state index in [2.05, 4.69) is 46.8 Å². The molecule has 4 rings (SSSR count). The maximum absolute atomic E-state index is 2.72. The van der Waals surface area contributed by atoms with Crippen molar-refractivity contribution in [1.82, 2.24) is 0 Å². The summed E-state index contributed by atoms with van der Waals surface area (Å²) in [5.41, 5.74) is 4.49. The molecule has 2 fully saturated rings. The smallest absolute Gasteiger partial charge is 0.00499 e. The minimum Gasteiger partial charge on any atom is -0.0821 e. The van der Waals surface area contributed by atoms with E-state index in [-0.39, 0.29) is 0 Å². The normalized spacial score (nSPS) is 52.1. The fourth-order valence-electron chi connectivity index (χ4n) is 6.66. The van der Waals surface area contributed by atoms with Crippen LogP contribution in [0.25, 0.3) is 0 Å². The Balaban J connectivity index is 1.80. The van der Waals surface area contributed by atoms with E-state index in [0.29, 0.717) is 10.8 Å². The van der Waals surface area contributed by atoms with Crippen molar-refractivity contribution in [2.45, 2.75) is 60.3 Å². The van der Waals surface area contributed by atoms with Gasteiger partial charge in [-0.25, -0.2) is 0 Å². The van der Waals surface area contributed by atoms with Gasteiger partial charge in [0.25, 0.3) is 0 Å². The SMILES string of the molecule is CC1=CC2C[C@]3(C=C(C)CC3C1)C(C)CC1C2C1(C)C. The highest BCUT2D eigenvalue weighted by Crippen LogP contribution is 2.72. The van der Waals surface area contributed by atoms with Crippen LogP contribution in [0.5, 0.6) is 0 Å². The molecular weight excluding hydrogens is 240 g/mol. The third-order valence-corrected chi connectivity index (χ3v) is 7.63. The third-order valence-electron chi connectivity index (χ3n) is 7.63. The second-order valence-corrected chi connectivity index (χ2v) is 9.18. The van der Waals surface area contributed by atoms with Gasteiger partial charge in [-0.2, -0.15) is 0 Å². The summed E-state index contributed by atoms with van der Waals surface area (Å²) in [6.45, 7) is 12.4. The molecule has 0 saturated heterocycles. The molecule has 0 heteroatoms. The molecule has 0 aromatic carbocycles. The predicted molar refractivity (Wildman–Crippen MR) is 85.3 cm³/mol. The molecular formula is C20H30. The molecule has 1 spiro atoms. The first-order valence-electron chi connectivity index (χ1n) is 8.70. The first-order chi connectivity index (χ1) is 9.34. The third kappa shape index (κ3) is 1.54. The second-order valence-electron chi connectivity index (χ2n) is 9.18. The number of hydrogen-bond acceptors (Lipinski definition) is 0. The van der Waals surface area contributed by atoms with Crippen molar-refractivity contribution in [2.75, 3.05) is 0 Å². The first-order valence-corrected chi connectivity index (χ1v) is 8.70. The quantitative estimate of drug-likeness (QED) is 0.502. The van der Waals surface area contributed by atoms with E-state index in [4.69, 9.17) is 0 Å². The van der Waals surface area contributed by atoms with E-state index < -0.39 is 0 Å². The Hall–Kier alpha value is -0.520. The van der Waals surface area contributed by atoms with Gasteiger partial charge in [0.15, 0.2) is 0 Å². The topological polar surface area (TPSA) is 0 Å². The molecule has 0 aromatic rings. The van der Waals surface area contributed by atoms with E-state index in [1.54, 1.807) is 11.1 Å². The van der Waals surface area contributed by atoms with Gasteiger partial charge < -0.3 is 0 Å². The van der Waals surface area contributed by atoms with Crippen LogP contribution in [0.4, 0.5) is 0 Å². The second kappa shape index (κ2) is 3.81. The lowest BCUT2D eigenvalue weighted by Gasteiger charge is -2.40. The molecule has 2 saturated carbocycles. The van der Waals surface area contributed by atoms with Crippen molar-refractivity contribution in [3.05, 3.63) is 23.3 Å². The van der Waals surface area contributed by atoms with E-state index >= 15 is 0 Å². The van der Waals surface area contributed by atoms with E-state index in [0.717, 1.165) is 29.6 Å². The summed E-state index contributed by atoms with van der Waals surface area (Å²) >= 11 is 0. The molecule has 0 N–H and O–H groups in total. The molecule has 4 aliphatic rings. The molecule has 4 aliphatic carbocycles. The summed E-state index contributed by atoms with van der Waals surface area (Å²) in [6.07, 6.45) is 11.0. The fraction of sp³-hybridized carbons (Fsp3) is 0.800. The highest BCUT2D eigenvalue weighted by atomic mass is 14.7. The van der Waals surface area contributed by atoms with Gasteiger partial charge in [-0.05, 0) is 80.0 Å². The van der Waals surface area contributed by atoms with Gasteiger partial charge in [0.05, 0.1) is 0 Å². The molecule has 20 heavy (non-hydrogen) atoms. The van der Waals surface area contributed by atoms with E-state index in [9.17, 15) is 0 Å². The molecule has 110 valence electrons. The lowest BCUT2D eigenvalue weighted by atomic mass is 9.63. The van der Waals surface area contributed by atoms with Crippen molar-refractivity contribution < 1.29 is 0 Å². The van der Waals surface area contributed by atoms with E-state index in [1.807, 2.05) is 0 Å². The van der Waals surface area contributed by atoms with Crippen LogP contribution < -0.4 is 0 Å². The molecule has 0 nitrogen and oxygen atoms in total. The Morgan fingerprint density at radius 1 is 1.10 bits per heavy atom. The lowest BCUT2D eigenvalue weighted by molar-refractivity contribution is 0.121. The maximum atomic E-state index is 2.72. The molecule has 6 atom stereocenters. The van der Waals surface area contributed by atoms with E-state index in [1.165, 1.54) is 25.7 Å². The monoisotopic (exact) mass is 270 g/mol. The van der Waals surface area contributed by atoms with Gasteiger partial charge >= 0.3 is 0 Å². The van der Waals surface area contributed by atoms with Gasteiger partial charge in [0, 0.05) is 0 Å². The summed E-state index contributed by atoms with van der Waals surface area (Å²) in [5.74, 6) is 4.58. The molecule has 2 bridgehead atoms. The molecule has 5 unspecified atom stereocenters. The zero-order chi connectivity index (χ0) is 14.3. The van der Waals surface area contributed by atoms with Crippen LogP contribution in [-0.2, 0) is 0 Å². The van der Waals surface area contributed by atoms with Crippen molar-refractivity contribution in [3.63, 3.8) is 0 Å². The minimum absolute atomic E-state index is 0.534. The number of hydrogen-bond donors (Lipinski definition) is 0. The Bertz CT molecular complexity index is 506. The van der Waals surface area contributed by atoms with Gasteiger partial charge in [0.2, 0.25) is 0 Å². The highest BCUT2D eigenvalue weighted by Gasteiger charge is 2.65. The highest BCUT2D eigenvalue weighted by molar-refractivity contribution is 5.29. The Labute approximate surface area is 124 Å². The van der Waals surface area contributed by atoms with Gasteiger partial charge in [-0.15, -0.1) is 0 Å². The lowest BCUT2D eigenvalue weighted by Crippen LogP contribution is -2.33. The van der Waals surface area contributed by atoms with Gasteiger partial charge in [-0.1, -0.05) is 44.1 Å². The molecule has 0 radical (unpaired) electrons. The number of allylic oxidation sites excluding steroid dienone is 4. The standard InChI is InChI=1S/C20H30/c1-12-6-15-11-20(10-13(2)8-16(20)7-12)14(3)9-17-18(15)19(17,4)5/h6,10,14-18H,7-9,11H2,1-5H3/t14?,15?,16?,17?,18?,20-/m1/s1. The maximum Gasteiger partial charge on any atom is -0.00499 e. The van der Waals surface area contributed by atoms with Crippen LogP contribution in [0.3, 0.4) is 0 Å². The summed E-state index contributed by atoms with van der Waals surface area (Å²) in [7, 11) is 0. The largest absolute Gasteiger partial charge is 0.0821 e. The molecule has 0 amide bonds. The average Bonchev–Trinajstić information content (AvgIpc) is 2.80.